The van der Waals surface area contributed by atoms with Crippen molar-refractivity contribution in [2.75, 3.05) is 0 Å². The summed E-state index contributed by atoms with van der Waals surface area (Å²) in [5, 5.41) is 9.33. The Kier molecular flexibility index (Phi) is 4.66. The van der Waals surface area contributed by atoms with Gasteiger partial charge in [0.05, 0.1) is 0 Å². The highest BCUT2D eigenvalue weighted by molar-refractivity contribution is 7.11. The smallest absolute Gasteiger partial charge is 0.0270 e. The van der Waals surface area contributed by atoms with Gasteiger partial charge in [-0.15, -0.1) is 22.7 Å². The van der Waals surface area contributed by atoms with Crippen LogP contribution in [-0.4, -0.2) is 0 Å². The molecule has 0 unspecified atom stereocenters. The Hall–Kier alpha value is -2.94. The zero-order valence-electron chi connectivity index (χ0n) is 15.2. The predicted octanol–water partition coefficient (Wildman–Crippen LogP) is 8.46. The molecule has 0 aliphatic carbocycles. The van der Waals surface area contributed by atoms with E-state index in [9.17, 15) is 0 Å². The van der Waals surface area contributed by atoms with E-state index in [0.29, 0.717) is 0 Å². The van der Waals surface area contributed by atoms with Crippen molar-refractivity contribution in [3.63, 3.8) is 0 Å². The second-order valence-corrected chi connectivity index (χ2v) is 8.72. The van der Waals surface area contributed by atoms with Gasteiger partial charge in [0.15, 0.2) is 0 Å². The molecule has 5 aromatic rings. The highest BCUT2D eigenvalue weighted by Gasteiger charge is 2.00. The van der Waals surface area contributed by atoms with Crippen LogP contribution in [0.5, 0.6) is 0 Å². The molecule has 2 heteroatoms. The minimum Gasteiger partial charge on any atom is -0.144 e. The number of thiophene rings is 2. The van der Waals surface area contributed by atoms with Gasteiger partial charge in [-0.25, -0.2) is 0 Å². The molecule has 0 bridgehead atoms. The van der Waals surface area contributed by atoms with Gasteiger partial charge in [-0.05, 0) is 92.0 Å². The van der Waals surface area contributed by atoms with Crippen LogP contribution in [0.4, 0.5) is 0 Å². The van der Waals surface area contributed by atoms with Crippen LogP contribution in [0.3, 0.4) is 0 Å². The van der Waals surface area contributed by atoms with Crippen molar-refractivity contribution < 1.29 is 0 Å². The quantitative estimate of drug-likeness (QED) is 0.268. The lowest BCUT2D eigenvalue weighted by Crippen LogP contribution is -1.80. The summed E-state index contributed by atoms with van der Waals surface area (Å²) in [6, 6.07) is 26.4. The second-order valence-electron chi connectivity index (χ2n) is 6.76. The third-order valence-corrected chi connectivity index (χ3v) is 6.49. The SMILES string of the molecule is C(=C\c1cccs1)/c1ccc2cc3cc(/C=C/c4cccs4)ccc3cc2c1. The Morgan fingerprint density at radius 3 is 1.39 bits per heavy atom. The highest BCUT2D eigenvalue weighted by atomic mass is 32.1. The van der Waals surface area contributed by atoms with Crippen molar-refractivity contribution in [3.8, 4) is 0 Å². The Morgan fingerprint density at radius 1 is 0.464 bits per heavy atom. The summed E-state index contributed by atoms with van der Waals surface area (Å²) in [5.74, 6) is 0. The minimum atomic E-state index is 1.23. The molecule has 0 radical (unpaired) electrons. The number of hydrogen-bond acceptors (Lipinski definition) is 2. The summed E-state index contributed by atoms with van der Waals surface area (Å²) in [4.78, 5) is 2.56. The van der Waals surface area contributed by atoms with Gasteiger partial charge in [-0.1, -0.05) is 48.6 Å². The van der Waals surface area contributed by atoms with Crippen molar-refractivity contribution in [2.45, 2.75) is 0 Å². The molecular weight excluding hydrogens is 376 g/mol. The summed E-state index contributed by atoms with van der Waals surface area (Å²) in [5.41, 5.74) is 2.46. The van der Waals surface area contributed by atoms with Crippen LogP contribution in [0.25, 0.3) is 45.8 Å². The fraction of sp³-hybridized carbons (Fsp3) is 0. The lowest BCUT2D eigenvalue weighted by atomic mass is 10.00. The van der Waals surface area contributed by atoms with E-state index in [2.05, 4.69) is 108 Å². The van der Waals surface area contributed by atoms with E-state index in [1.807, 2.05) is 0 Å². The molecule has 5 rings (SSSR count). The summed E-state index contributed by atoms with van der Waals surface area (Å²) < 4.78 is 0. The van der Waals surface area contributed by atoms with Crippen LogP contribution in [0.2, 0.25) is 0 Å². The van der Waals surface area contributed by atoms with Crippen molar-refractivity contribution in [3.05, 3.63) is 104 Å². The Bertz CT molecular complexity index is 1180. The van der Waals surface area contributed by atoms with E-state index >= 15 is 0 Å². The lowest BCUT2D eigenvalue weighted by Gasteiger charge is -2.05. The molecule has 2 heterocycles. The van der Waals surface area contributed by atoms with Gasteiger partial charge in [0, 0.05) is 9.75 Å². The zero-order chi connectivity index (χ0) is 18.8. The number of hydrogen-bond donors (Lipinski definition) is 0. The fourth-order valence-corrected chi connectivity index (χ4v) is 4.61. The van der Waals surface area contributed by atoms with Crippen LogP contribution < -0.4 is 0 Å². The summed E-state index contributed by atoms with van der Waals surface area (Å²) >= 11 is 3.52. The maximum atomic E-state index is 2.29. The minimum absolute atomic E-state index is 1.23. The van der Waals surface area contributed by atoms with Gasteiger partial charge in [0.1, 0.15) is 0 Å². The van der Waals surface area contributed by atoms with Crippen LogP contribution in [-0.2, 0) is 0 Å². The van der Waals surface area contributed by atoms with E-state index in [0.717, 1.165) is 0 Å². The number of rotatable bonds is 4. The third kappa shape index (κ3) is 3.70. The van der Waals surface area contributed by atoms with Crippen LogP contribution in [0.1, 0.15) is 20.9 Å². The van der Waals surface area contributed by atoms with Gasteiger partial charge >= 0.3 is 0 Å². The molecule has 0 spiro atoms. The van der Waals surface area contributed by atoms with Crippen LogP contribution in [0.15, 0.2) is 83.6 Å². The van der Waals surface area contributed by atoms with Crippen molar-refractivity contribution in [2.24, 2.45) is 0 Å². The van der Waals surface area contributed by atoms with Crippen molar-refractivity contribution in [1.29, 1.82) is 0 Å². The third-order valence-electron chi connectivity index (χ3n) is 4.81. The number of fused-ring (bicyclic) bond motifs is 2. The van der Waals surface area contributed by atoms with E-state index in [1.54, 1.807) is 22.7 Å². The molecule has 0 amide bonds. The van der Waals surface area contributed by atoms with E-state index in [1.165, 1.54) is 42.4 Å². The molecule has 2 aromatic heterocycles. The largest absolute Gasteiger partial charge is 0.144 e. The Balaban J connectivity index is 1.48. The Labute approximate surface area is 172 Å². The molecular formula is C26H18S2. The van der Waals surface area contributed by atoms with Crippen molar-refractivity contribution >= 4 is 68.5 Å². The molecule has 28 heavy (non-hydrogen) atoms. The van der Waals surface area contributed by atoms with Gasteiger partial charge in [0.25, 0.3) is 0 Å². The molecule has 0 fully saturated rings. The maximum absolute atomic E-state index is 2.29. The molecule has 0 atom stereocenters. The first-order valence-corrected chi connectivity index (χ1v) is 11.0. The van der Waals surface area contributed by atoms with E-state index in [4.69, 9.17) is 0 Å². The molecule has 0 saturated heterocycles. The van der Waals surface area contributed by atoms with Gasteiger partial charge < -0.3 is 0 Å². The number of benzene rings is 3. The second kappa shape index (κ2) is 7.59. The monoisotopic (exact) mass is 394 g/mol. The van der Waals surface area contributed by atoms with Crippen LogP contribution >= 0.6 is 22.7 Å². The first-order valence-electron chi connectivity index (χ1n) is 9.24. The average molecular weight is 395 g/mol. The maximum Gasteiger partial charge on any atom is 0.0270 e. The van der Waals surface area contributed by atoms with Gasteiger partial charge in [-0.2, -0.15) is 0 Å². The summed E-state index contributed by atoms with van der Waals surface area (Å²) in [6.07, 6.45) is 8.74. The molecule has 3 aromatic carbocycles. The van der Waals surface area contributed by atoms with Gasteiger partial charge in [-0.3, -0.25) is 0 Å². The molecule has 0 aliphatic rings. The highest BCUT2D eigenvalue weighted by Crippen LogP contribution is 2.26. The van der Waals surface area contributed by atoms with E-state index < -0.39 is 0 Å². The lowest BCUT2D eigenvalue weighted by molar-refractivity contribution is 1.71. The first-order chi connectivity index (χ1) is 13.8. The van der Waals surface area contributed by atoms with E-state index in [-0.39, 0.29) is 0 Å². The molecule has 0 N–H and O–H groups in total. The molecule has 134 valence electrons. The van der Waals surface area contributed by atoms with Gasteiger partial charge in [0.2, 0.25) is 0 Å². The molecule has 0 nitrogen and oxygen atoms in total. The normalized spacial score (nSPS) is 12.0. The summed E-state index contributed by atoms with van der Waals surface area (Å²) in [7, 11) is 0. The predicted molar refractivity (Wildman–Crippen MR) is 128 cm³/mol. The topological polar surface area (TPSA) is 0 Å². The molecule has 0 aliphatic heterocycles. The van der Waals surface area contributed by atoms with Crippen LogP contribution in [0, 0.1) is 0 Å². The summed E-state index contributed by atoms with van der Waals surface area (Å²) in [6.45, 7) is 0. The zero-order valence-corrected chi connectivity index (χ0v) is 16.8. The molecule has 0 saturated carbocycles. The van der Waals surface area contributed by atoms with Crippen molar-refractivity contribution in [1.82, 2.24) is 0 Å². The first kappa shape index (κ1) is 17.2. The average Bonchev–Trinajstić information content (AvgIpc) is 3.43. The standard InChI is InChI=1S/C26H18S2/c1-3-25(27-13-1)11-7-19-5-9-21-18-24-16-20(8-12-26-4-2-14-28-26)6-10-22(24)17-23(21)15-19/h1-18H/b11-7+,12-8+. The fourth-order valence-electron chi connectivity index (χ4n) is 3.37. The Morgan fingerprint density at radius 2 is 0.964 bits per heavy atom.